The molecule has 0 saturated carbocycles. The minimum atomic E-state index is -4.65. The van der Waals surface area contributed by atoms with Gasteiger partial charge < -0.3 is 28.8 Å². The topological polar surface area (TPSA) is 114 Å². The first kappa shape index (κ1) is 42.4. The average Bonchev–Trinajstić information content (AvgIpc) is 2.96. The van der Waals surface area contributed by atoms with Gasteiger partial charge in [-0.25, -0.2) is 9.59 Å². The molecule has 2 aromatic heterocycles. The number of aromatic nitrogens is 2. The van der Waals surface area contributed by atoms with E-state index in [4.69, 9.17) is 4.74 Å². The third-order valence-electron chi connectivity index (χ3n) is 7.23. The second-order valence-corrected chi connectivity index (χ2v) is 11.7. The van der Waals surface area contributed by atoms with Gasteiger partial charge in [0.15, 0.2) is 0 Å². The fraction of sp³-hybridized carbons (Fsp3) is 0.625. The zero-order chi connectivity index (χ0) is 37.0. The number of rotatable bonds is 15. The predicted molar refractivity (Wildman–Crippen MR) is 168 cm³/mol. The Kier molecular flexibility index (Phi) is 16.6. The molecule has 272 valence electrons. The second-order valence-electron chi connectivity index (χ2n) is 11.7. The molecule has 0 aliphatic carbocycles. The molecule has 0 saturated heterocycles. The summed E-state index contributed by atoms with van der Waals surface area (Å²) in [7, 11) is 6.95. The Balaban J connectivity index is 0.000000482. The molecule has 2 rings (SSSR count). The van der Waals surface area contributed by atoms with Crippen LogP contribution in [0.5, 0.6) is 0 Å². The Hall–Kier alpha value is -3.66. The van der Waals surface area contributed by atoms with Gasteiger partial charge in [-0.15, -0.1) is 0 Å². The van der Waals surface area contributed by atoms with Crippen LogP contribution >= 0.6 is 0 Å². The van der Waals surface area contributed by atoms with Gasteiger partial charge in [0, 0.05) is 37.6 Å². The number of hydrogen-bond acceptors (Lipinski definition) is 7. The highest BCUT2D eigenvalue weighted by Crippen LogP contribution is 2.33. The first-order valence-electron chi connectivity index (χ1n) is 15.5. The lowest BCUT2D eigenvalue weighted by Crippen LogP contribution is -2.33. The lowest BCUT2D eigenvalue weighted by atomic mass is 10.0. The van der Waals surface area contributed by atoms with Crippen LogP contribution in [0.25, 0.3) is 0 Å². The van der Waals surface area contributed by atoms with E-state index in [-0.39, 0.29) is 37.0 Å². The molecule has 2 unspecified atom stereocenters. The first-order chi connectivity index (χ1) is 22.2. The van der Waals surface area contributed by atoms with Crippen LogP contribution in [-0.2, 0) is 39.5 Å². The minimum absolute atomic E-state index is 0.00815. The number of nitrogens with zero attached hydrogens (tertiary/aromatic N) is 4. The van der Waals surface area contributed by atoms with Crippen molar-refractivity contribution in [3.63, 3.8) is 0 Å². The number of hydrogen-bond donors (Lipinski definition) is 1. The normalized spacial score (nSPS) is 13.2. The summed E-state index contributed by atoms with van der Waals surface area (Å²) in [6, 6.07) is -1.01. The molecule has 0 aliphatic heterocycles. The van der Waals surface area contributed by atoms with Crippen molar-refractivity contribution in [2.24, 2.45) is 0 Å². The highest BCUT2D eigenvalue weighted by molar-refractivity contribution is 5.74. The van der Waals surface area contributed by atoms with Gasteiger partial charge in [0.1, 0.15) is 12.1 Å². The predicted octanol–water partition coefficient (Wildman–Crippen LogP) is 5.27. The van der Waals surface area contributed by atoms with Crippen LogP contribution in [0.3, 0.4) is 0 Å². The fourth-order valence-electron chi connectivity index (χ4n) is 4.82. The molecule has 2 atom stereocenters. The van der Waals surface area contributed by atoms with E-state index in [1.165, 1.54) is 0 Å². The van der Waals surface area contributed by atoms with E-state index in [1.54, 1.807) is 51.8 Å². The molecule has 0 aliphatic rings. The Bertz CT molecular complexity index is 1470. The summed E-state index contributed by atoms with van der Waals surface area (Å²) in [5.41, 5.74) is -3.84. The van der Waals surface area contributed by atoms with Gasteiger partial charge >= 0.3 is 24.3 Å². The van der Waals surface area contributed by atoms with Crippen molar-refractivity contribution < 1.29 is 45.8 Å². The van der Waals surface area contributed by atoms with E-state index in [2.05, 4.69) is 0 Å². The standard InChI is InChI=1S/C17H25F3N2O3.C15H21F3N2O3/c1-5-7-14(16(24)25-6-2)22-11-12(8-9-21(3)4)13(10-15(22)23)17(18,19)20;1-4-5-12(14(22)23)20-9-10(6-7-19(2)3)11(8-13(20)21)15(16,17)18/h10-11,14H,5-9H2,1-4H3;8-9,12H,4-7H2,1-3H3,(H,22,23). The number of carbonyl (C=O) groups excluding carboxylic acids is 1. The van der Waals surface area contributed by atoms with Crippen molar-refractivity contribution in [2.45, 2.75) is 83.7 Å². The Morgan fingerprint density at radius 2 is 1.12 bits per heavy atom. The summed E-state index contributed by atoms with van der Waals surface area (Å²) in [5, 5.41) is 9.23. The quantitative estimate of drug-likeness (QED) is 0.198. The maximum Gasteiger partial charge on any atom is 0.416 e. The Morgan fingerprint density at radius 1 is 0.750 bits per heavy atom. The maximum absolute atomic E-state index is 13.3. The maximum atomic E-state index is 13.3. The number of carboxylic acid groups (broad SMARTS) is 1. The summed E-state index contributed by atoms with van der Waals surface area (Å²) in [5.74, 6) is -1.84. The van der Waals surface area contributed by atoms with Crippen LogP contribution < -0.4 is 11.1 Å². The van der Waals surface area contributed by atoms with Gasteiger partial charge in [-0.2, -0.15) is 26.3 Å². The minimum Gasteiger partial charge on any atom is -0.480 e. The van der Waals surface area contributed by atoms with E-state index in [0.717, 1.165) is 21.5 Å². The third-order valence-corrected chi connectivity index (χ3v) is 7.23. The highest BCUT2D eigenvalue weighted by atomic mass is 19.4. The second kappa shape index (κ2) is 18.8. The summed E-state index contributed by atoms with van der Waals surface area (Å²) in [6.45, 7) is 6.10. The molecule has 2 heterocycles. The number of halogens is 6. The molecule has 0 spiro atoms. The molecular formula is C32H46F6N4O6. The van der Waals surface area contributed by atoms with Crippen LogP contribution in [0.1, 0.15) is 80.8 Å². The Morgan fingerprint density at radius 3 is 1.44 bits per heavy atom. The van der Waals surface area contributed by atoms with E-state index >= 15 is 0 Å². The average molecular weight is 697 g/mol. The molecule has 0 amide bonds. The van der Waals surface area contributed by atoms with Crippen molar-refractivity contribution >= 4 is 11.9 Å². The summed E-state index contributed by atoms with van der Waals surface area (Å²) in [6.07, 6.45) is -5.31. The van der Waals surface area contributed by atoms with Crippen molar-refractivity contribution in [3.05, 3.63) is 67.5 Å². The molecule has 10 nitrogen and oxygen atoms in total. The highest BCUT2D eigenvalue weighted by Gasteiger charge is 2.36. The Labute approximate surface area is 275 Å². The number of likely N-dealkylation sites (N-methyl/N-ethyl adjacent to an activating group) is 2. The van der Waals surface area contributed by atoms with Crippen molar-refractivity contribution in [1.29, 1.82) is 0 Å². The number of carbonyl (C=O) groups is 2. The van der Waals surface area contributed by atoms with Gasteiger partial charge in [-0.05, 0) is 71.9 Å². The number of pyridine rings is 2. The summed E-state index contributed by atoms with van der Waals surface area (Å²) < 4.78 is 86.1. The molecule has 0 bridgehead atoms. The molecule has 48 heavy (non-hydrogen) atoms. The fourth-order valence-corrected chi connectivity index (χ4v) is 4.82. The van der Waals surface area contributed by atoms with Crippen molar-refractivity contribution in [2.75, 3.05) is 47.9 Å². The smallest absolute Gasteiger partial charge is 0.416 e. The van der Waals surface area contributed by atoms with Crippen molar-refractivity contribution in [3.8, 4) is 0 Å². The van der Waals surface area contributed by atoms with Gasteiger partial charge in [-0.1, -0.05) is 26.7 Å². The molecule has 2 aromatic rings. The zero-order valence-electron chi connectivity index (χ0n) is 28.4. The molecule has 16 heteroatoms. The number of ether oxygens (including phenoxy) is 1. The van der Waals surface area contributed by atoms with E-state index in [9.17, 15) is 50.6 Å². The van der Waals surface area contributed by atoms with Gasteiger partial charge in [-0.3, -0.25) is 9.59 Å². The third kappa shape index (κ3) is 12.7. The van der Waals surface area contributed by atoms with Gasteiger partial charge in [0.05, 0.1) is 17.7 Å². The SMILES string of the molecule is CCCC(C(=O)O)n1cc(CCN(C)C)c(C(F)(F)F)cc1=O.CCCC(C(=O)OCC)n1cc(CCN(C)C)c(C(F)(F)F)cc1=O. The molecule has 0 radical (unpaired) electrons. The van der Waals surface area contributed by atoms with Crippen LogP contribution in [-0.4, -0.2) is 83.9 Å². The van der Waals surface area contributed by atoms with Crippen LogP contribution in [0.15, 0.2) is 34.1 Å². The van der Waals surface area contributed by atoms with E-state index in [0.29, 0.717) is 44.5 Å². The molecular weight excluding hydrogens is 650 g/mol. The molecule has 0 fully saturated rings. The summed E-state index contributed by atoms with van der Waals surface area (Å²) in [4.78, 5) is 51.2. The number of alkyl halides is 6. The number of carboxylic acids is 1. The zero-order valence-corrected chi connectivity index (χ0v) is 28.4. The van der Waals surface area contributed by atoms with Crippen LogP contribution in [0.2, 0.25) is 0 Å². The monoisotopic (exact) mass is 696 g/mol. The van der Waals surface area contributed by atoms with Gasteiger partial charge in [0.2, 0.25) is 0 Å². The van der Waals surface area contributed by atoms with E-state index < -0.39 is 58.6 Å². The first-order valence-corrected chi connectivity index (χ1v) is 15.5. The van der Waals surface area contributed by atoms with Crippen LogP contribution in [0, 0.1) is 0 Å². The van der Waals surface area contributed by atoms with Crippen LogP contribution in [0.4, 0.5) is 26.3 Å². The lowest BCUT2D eigenvalue weighted by Gasteiger charge is -2.21. The number of esters is 1. The largest absolute Gasteiger partial charge is 0.480 e. The summed E-state index contributed by atoms with van der Waals surface area (Å²) >= 11 is 0. The number of aliphatic carboxylic acids is 1. The lowest BCUT2D eigenvalue weighted by molar-refractivity contribution is -0.147. The molecule has 0 aromatic carbocycles. The van der Waals surface area contributed by atoms with Gasteiger partial charge in [0.25, 0.3) is 11.1 Å². The van der Waals surface area contributed by atoms with Crippen molar-refractivity contribution in [1.82, 2.24) is 18.9 Å². The molecule has 1 N–H and O–H groups in total. The van der Waals surface area contributed by atoms with E-state index in [1.807, 2.05) is 6.92 Å².